The van der Waals surface area contributed by atoms with Crippen LogP contribution in [0, 0.1) is 6.92 Å². The molecular formula is C23H36N2O4Si. The minimum absolute atomic E-state index is 0.327. The molecule has 166 valence electrons. The van der Waals surface area contributed by atoms with Crippen molar-refractivity contribution in [2.45, 2.75) is 72.8 Å². The summed E-state index contributed by atoms with van der Waals surface area (Å²) in [4.78, 5) is 17.2. The van der Waals surface area contributed by atoms with E-state index in [1.807, 2.05) is 38.3 Å². The molecular weight excluding hydrogens is 396 g/mol. The Morgan fingerprint density at radius 2 is 2.03 bits per heavy atom. The summed E-state index contributed by atoms with van der Waals surface area (Å²) in [6.07, 6.45) is 7.86. The van der Waals surface area contributed by atoms with Crippen molar-refractivity contribution in [3.05, 3.63) is 46.9 Å². The van der Waals surface area contributed by atoms with Gasteiger partial charge >= 0.3 is 5.97 Å². The Labute approximate surface area is 181 Å². The van der Waals surface area contributed by atoms with Gasteiger partial charge in [0.25, 0.3) is 0 Å². The van der Waals surface area contributed by atoms with E-state index < -0.39 is 8.07 Å². The second kappa shape index (κ2) is 11.3. The fourth-order valence-electron chi connectivity index (χ4n) is 3.02. The first-order valence-electron chi connectivity index (χ1n) is 10.8. The van der Waals surface area contributed by atoms with Crippen molar-refractivity contribution in [1.82, 2.24) is 9.55 Å². The second-order valence-corrected chi connectivity index (χ2v) is 14.2. The number of carbonyl (C=O) groups is 1. The second-order valence-electron chi connectivity index (χ2n) is 8.75. The number of esters is 1. The standard InChI is InChI=1S/C23H36N2O4Si/c1-7-9-10-22-24-15-20(25(22)16-27-17-30(4,5)6)13-19(23(26)28-8-2)14-21-12-11-18(3)29-21/h11-13,15H,7-10,14,16-17H2,1-6H3/b19-13+. The molecule has 0 N–H and O–H groups in total. The van der Waals surface area contributed by atoms with Crippen LogP contribution < -0.4 is 0 Å². The Balaban J connectivity index is 2.33. The highest BCUT2D eigenvalue weighted by Crippen LogP contribution is 2.19. The van der Waals surface area contributed by atoms with Crippen molar-refractivity contribution in [3.8, 4) is 0 Å². The number of unbranched alkanes of at least 4 members (excludes halogenated alkanes) is 1. The van der Waals surface area contributed by atoms with Gasteiger partial charge in [-0.2, -0.15) is 0 Å². The number of furan rings is 1. The van der Waals surface area contributed by atoms with Crippen LogP contribution in [0.25, 0.3) is 6.08 Å². The highest BCUT2D eigenvalue weighted by molar-refractivity contribution is 6.76. The number of aromatic nitrogens is 2. The quantitative estimate of drug-likeness (QED) is 0.263. The highest BCUT2D eigenvalue weighted by Gasteiger charge is 2.18. The first-order chi connectivity index (χ1) is 14.2. The third-order valence-corrected chi connectivity index (χ3v) is 5.57. The molecule has 2 heterocycles. The molecule has 30 heavy (non-hydrogen) atoms. The van der Waals surface area contributed by atoms with Gasteiger partial charge < -0.3 is 18.5 Å². The first kappa shape index (κ1) is 24.1. The van der Waals surface area contributed by atoms with E-state index >= 15 is 0 Å². The Kier molecular flexibility index (Phi) is 9.11. The molecule has 0 spiro atoms. The van der Waals surface area contributed by atoms with E-state index in [1.54, 1.807) is 0 Å². The molecule has 2 aromatic rings. The van der Waals surface area contributed by atoms with Gasteiger partial charge in [0.15, 0.2) is 0 Å². The van der Waals surface area contributed by atoms with Crippen LogP contribution in [0.5, 0.6) is 0 Å². The number of hydrogen-bond acceptors (Lipinski definition) is 5. The summed E-state index contributed by atoms with van der Waals surface area (Å²) in [5.74, 6) is 2.20. The summed E-state index contributed by atoms with van der Waals surface area (Å²) in [6.45, 7) is 13.5. The van der Waals surface area contributed by atoms with Crippen LogP contribution >= 0.6 is 0 Å². The van der Waals surface area contributed by atoms with Crippen molar-refractivity contribution in [2.75, 3.05) is 12.8 Å². The van der Waals surface area contributed by atoms with E-state index in [2.05, 4.69) is 36.1 Å². The molecule has 0 amide bonds. The molecule has 0 unspecified atom stereocenters. The van der Waals surface area contributed by atoms with E-state index in [0.29, 0.717) is 25.3 Å². The van der Waals surface area contributed by atoms with Gasteiger partial charge in [-0.05, 0) is 38.5 Å². The molecule has 7 heteroatoms. The summed E-state index contributed by atoms with van der Waals surface area (Å²) in [6, 6.07) is 3.79. The maximum Gasteiger partial charge on any atom is 0.334 e. The lowest BCUT2D eigenvalue weighted by atomic mass is 10.1. The molecule has 0 aliphatic carbocycles. The molecule has 0 aromatic carbocycles. The number of carbonyl (C=O) groups excluding carboxylic acids is 1. The lowest BCUT2D eigenvalue weighted by Crippen LogP contribution is -2.29. The molecule has 0 aliphatic heterocycles. The number of imidazole rings is 1. The number of rotatable bonds is 12. The van der Waals surface area contributed by atoms with Gasteiger partial charge in [0.1, 0.15) is 24.1 Å². The van der Waals surface area contributed by atoms with E-state index in [4.69, 9.17) is 13.9 Å². The molecule has 0 atom stereocenters. The van der Waals surface area contributed by atoms with Crippen LogP contribution in [0.15, 0.2) is 28.3 Å². The maximum absolute atomic E-state index is 12.6. The highest BCUT2D eigenvalue weighted by atomic mass is 28.3. The van der Waals surface area contributed by atoms with Gasteiger partial charge in [0, 0.05) is 24.6 Å². The number of hydrogen-bond donors (Lipinski definition) is 0. The van der Waals surface area contributed by atoms with E-state index in [0.717, 1.165) is 48.5 Å². The van der Waals surface area contributed by atoms with Crippen LogP contribution in [0.1, 0.15) is 49.7 Å². The lowest BCUT2D eigenvalue weighted by molar-refractivity contribution is -0.138. The van der Waals surface area contributed by atoms with Gasteiger partial charge in [-0.15, -0.1) is 0 Å². The van der Waals surface area contributed by atoms with Gasteiger partial charge in [-0.25, -0.2) is 9.78 Å². The van der Waals surface area contributed by atoms with Gasteiger partial charge in [0.2, 0.25) is 0 Å². The summed E-state index contributed by atoms with van der Waals surface area (Å²) in [5, 5.41) is 0. The predicted molar refractivity (Wildman–Crippen MR) is 122 cm³/mol. The summed E-state index contributed by atoms with van der Waals surface area (Å²) >= 11 is 0. The van der Waals surface area contributed by atoms with E-state index in [1.165, 1.54) is 0 Å². The average molecular weight is 433 g/mol. The minimum atomic E-state index is -1.32. The summed E-state index contributed by atoms with van der Waals surface area (Å²) < 4.78 is 19.1. The monoisotopic (exact) mass is 432 g/mol. The van der Waals surface area contributed by atoms with Crippen LogP contribution in [-0.4, -0.2) is 36.4 Å². The third-order valence-electron chi connectivity index (χ3n) is 4.50. The fourth-order valence-corrected chi connectivity index (χ4v) is 3.73. The Morgan fingerprint density at radius 1 is 1.27 bits per heavy atom. The van der Waals surface area contributed by atoms with Crippen molar-refractivity contribution in [3.63, 3.8) is 0 Å². The topological polar surface area (TPSA) is 66.5 Å². The van der Waals surface area contributed by atoms with Crippen molar-refractivity contribution in [2.24, 2.45) is 0 Å². The lowest BCUT2D eigenvalue weighted by Gasteiger charge is -2.18. The van der Waals surface area contributed by atoms with Crippen LogP contribution in [0.4, 0.5) is 0 Å². The molecule has 6 nitrogen and oxygen atoms in total. The molecule has 0 bridgehead atoms. The van der Waals surface area contributed by atoms with Crippen molar-refractivity contribution < 1.29 is 18.7 Å². The predicted octanol–water partition coefficient (Wildman–Crippen LogP) is 5.17. The smallest absolute Gasteiger partial charge is 0.334 e. The van der Waals surface area contributed by atoms with Crippen LogP contribution in [-0.2, 0) is 33.8 Å². The largest absolute Gasteiger partial charge is 0.466 e. The van der Waals surface area contributed by atoms with E-state index in [-0.39, 0.29) is 5.97 Å². The zero-order valence-corrected chi connectivity index (χ0v) is 20.3. The third kappa shape index (κ3) is 7.61. The average Bonchev–Trinajstić information content (AvgIpc) is 3.25. The Bertz CT molecular complexity index is 846. The zero-order valence-electron chi connectivity index (χ0n) is 19.3. The minimum Gasteiger partial charge on any atom is -0.466 e. The normalized spacial score (nSPS) is 12.4. The number of nitrogens with zero attached hydrogens (tertiary/aromatic N) is 2. The van der Waals surface area contributed by atoms with Crippen molar-refractivity contribution >= 4 is 20.1 Å². The van der Waals surface area contributed by atoms with Gasteiger partial charge in [0.05, 0.1) is 26.6 Å². The van der Waals surface area contributed by atoms with Crippen LogP contribution in [0.2, 0.25) is 19.6 Å². The van der Waals surface area contributed by atoms with Gasteiger partial charge in [-0.1, -0.05) is 33.0 Å². The molecule has 2 rings (SSSR count). The SMILES string of the molecule is CCCCc1ncc(/C=C(\Cc2ccc(C)o2)C(=O)OCC)n1COC[Si](C)(C)C. The summed E-state index contributed by atoms with van der Waals surface area (Å²) in [5.41, 5.74) is 1.39. The van der Waals surface area contributed by atoms with Gasteiger partial charge in [-0.3, -0.25) is 0 Å². The molecule has 0 aliphatic rings. The van der Waals surface area contributed by atoms with E-state index in [9.17, 15) is 4.79 Å². The molecule has 0 fully saturated rings. The summed E-state index contributed by atoms with van der Waals surface area (Å²) in [7, 11) is -1.32. The Hall–Kier alpha value is -2.12. The molecule has 0 saturated heterocycles. The first-order valence-corrected chi connectivity index (χ1v) is 14.5. The molecule has 0 radical (unpaired) electrons. The maximum atomic E-state index is 12.6. The fraction of sp³-hybridized carbons (Fsp3) is 0.565. The number of aryl methyl sites for hydroxylation is 2. The number of ether oxygens (including phenoxy) is 2. The van der Waals surface area contributed by atoms with Crippen molar-refractivity contribution in [1.29, 1.82) is 0 Å². The zero-order chi connectivity index (χ0) is 22.1. The molecule has 2 aromatic heterocycles. The molecule has 0 saturated carbocycles. The van der Waals surface area contributed by atoms with Crippen LogP contribution in [0.3, 0.4) is 0 Å². The Morgan fingerprint density at radius 3 is 2.63 bits per heavy atom.